The lowest BCUT2D eigenvalue weighted by Gasteiger charge is -2.11. The molecule has 0 aliphatic heterocycles. The minimum absolute atomic E-state index is 0.0617. The number of ether oxygens (including phenoxy) is 2. The van der Waals surface area contributed by atoms with Crippen LogP contribution in [0.25, 0.3) is 10.9 Å². The van der Waals surface area contributed by atoms with Crippen LogP contribution in [-0.4, -0.2) is 37.1 Å². The summed E-state index contributed by atoms with van der Waals surface area (Å²) in [6, 6.07) is 12.7. The van der Waals surface area contributed by atoms with Gasteiger partial charge in [0, 0.05) is 29.6 Å². The summed E-state index contributed by atoms with van der Waals surface area (Å²) < 4.78 is 10.4. The van der Waals surface area contributed by atoms with Gasteiger partial charge in [0.05, 0.1) is 20.4 Å². The van der Waals surface area contributed by atoms with Crippen molar-refractivity contribution in [1.82, 2.24) is 10.4 Å². The van der Waals surface area contributed by atoms with Gasteiger partial charge in [0.2, 0.25) is 5.91 Å². The molecule has 1 atom stereocenters. The van der Waals surface area contributed by atoms with Gasteiger partial charge in [-0.1, -0.05) is 13.0 Å². The number of rotatable bonds is 8. The molecule has 0 spiro atoms. The van der Waals surface area contributed by atoms with Crippen LogP contribution in [0.5, 0.6) is 11.5 Å². The van der Waals surface area contributed by atoms with Crippen LogP contribution < -0.4 is 14.9 Å². The van der Waals surface area contributed by atoms with E-state index in [-0.39, 0.29) is 18.1 Å². The Morgan fingerprint density at radius 1 is 1.10 bits per heavy atom. The number of Topliss-reactive ketones (excluding diaryl/α,β-unsaturated/α-hetero) is 1. The molecule has 150 valence electrons. The predicted octanol–water partition coefficient (Wildman–Crippen LogP) is 3.54. The van der Waals surface area contributed by atoms with E-state index in [4.69, 9.17) is 9.47 Å². The lowest BCUT2D eigenvalue weighted by molar-refractivity contribution is -0.124. The van der Waals surface area contributed by atoms with E-state index in [0.717, 1.165) is 16.5 Å². The topological polar surface area (TPSA) is 92.8 Å². The summed E-state index contributed by atoms with van der Waals surface area (Å²) >= 11 is 0. The van der Waals surface area contributed by atoms with Crippen molar-refractivity contribution in [2.24, 2.45) is 11.0 Å². The Kier molecular flexibility index (Phi) is 6.29. The Hall–Kier alpha value is -3.61. The number of hydrogen-bond acceptors (Lipinski definition) is 5. The van der Waals surface area contributed by atoms with Crippen molar-refractivity contribution in [2.45, 2.75) is 13.3 Å². The van der Waals surface area contributed by atoms with Crippen molar-refractivity contribution in [1.29, 1.82) is 0 Å². The molecular formula is C22H23N3O4. The summed E-state index contributed by atoms with van der Waals surface area (Å²) in [6.07, 6.45) is 3.50. The average molecular weight is 393 g/mol. The summed E-state index contributed by atoms with van der Waals surface area (Å²) in [7, 11) is 3.04. The minimum atomic E-state index is -0.528. The summed E-state index contributed by atoms with van der Waals surface area (Å²) in [5, 5.41) is 5.07. The Balaban J connectivity index is 1.57. The van der Waals surface area contributed by atoms with Crippen LogP contribution in [0, 0.1) is 5.92 Å². The van der Waals surface area contributed by atoms with E-state index in [0.29, 0.717) is 17.1 Å². The largest absolute Gasteiger partial charge is 0.493 e. The zero-order valence-electron chi connectivity index (χ0n) is 16.6. The number of amides is 1. The van der Waals surface area contributed by atoms with Gasteiger partial charge < -0.3 is 14.5 Å². The van der Waals surface area contributed by atoms with Crippen LogP contribution in [0.4, 0.5) is 0 Å². The average Bonchev–Trinajstić information content (AvgIpc) is 3.20. The second-order valence-corrected chi connectivity index (χ2v) is 6.66. The first-order chi connectivity index (χ1) is 14.0. The molecule has 0 aliphatic rings. The number of hydrazone groups is 1. The molecule has 0 saturated carbocycles. The second kappa shape index (κ2) is 9.05. The van der Waals surface area contributed by atoms with Gasteiger partial charge in [0.1, 0.15) is 0 Å². The molecule has 0 radical (unpaired) electrons. The SMILES string of the molecule is COc1ccc(C(=O)C[C@@H](C)C(=O)N/N=C/c2ccc3[nH]ccc3c2)cc1OC. The Labute approximate surface area is 168 Å². The quantitative estimate of drug-likeness (QED) is 0.348. The van der Waals surface area contributed by atoms with Crippen LogP contribution in [-0.2, 0) is 4.79 Å². The summed E-state index contributed by atoms with van der Waals surface area (Å²) in [5.74, 6) is 0.00893. The molecule has 7 nitrogen and oxygen atoms in total. The number of aromatic nitrogens is 1. The van der Waals surface area contributed by atoms with E-state index in [2.05, 4.69) is 15.5 Å². The van der Waals surface area contributed by atoms with Crippen molar-refractivity contribution in [3.63, 3.8) is 0 Å². The van der Waals surface area contributed by atoms with Crippen LogP contribution in [0.2, 0.25) is 0 Å². The smallest absolute Gasteiger partial charge is 0.243 e. The van der Waals surface area contributed by atoms with Gasteiger partial charge in [0.15, 0.2) is 17.3 Å². The molecule has 0 aliphatic carbocycles. The first-order valence-corrected chi connectivity index (χ1v) is 9.17. The maximum atomic E-state index is 12.5. The van der Waals surface area contributed by atoms with Gasteiger partial charge in [-0.2, -0.15) is 5.10 Å². The van der Waals surface area contributed by atoms with Gasteiger partial charge in [-0.15, -0.1) is 0 Å². The summed E-state index contributed by atoms with van der Waals surface area (Å²) in [6.45, 7) is 1.69. The van der Waals surface area contributed by atoms with Crippen LogP contribution in [0.3, 0.4) is 0 Å². The number of H-pyrrole nitrogens is 1. The third-order valence-corrected chi connectivity index (χ3v) is 4.61. The highest BCUT2D eigenvalue weighted by molar-refractivity contribution is 5.99. The second-order valence-electron chi connectivity index (χ2n) is 6.66. The van der Waals surface area contributed by atoms with Crippen LogP contribution in [0.15, 0.2) is 53.8 Å². The monoisotopic (exact) mass is 393 g/mol. The van der Waals surface area contributed by atoms with Gasteiger partial charge in [-0.3, -0.25) is 9.59 Å². The molecule has 1 heterocycles. The molecule has 2 N–H and O–H groups in total. The van der Waals surface area contributed by atoms with Gasteiger partial charge in [-0.25, -0.2) is 5.43 Å². The first kappa shape index (κ1) is 20.1. The van der Waals surface area contributed by atoms with E-state index in [9.17, 15) is 9.59 Å². The van der Waals surface area contributed by atoms with Crippen molar-refractivity contribution >= 4 is 28.8 Å². The fourth-order valence-electron chi connectivity index (χ4n) is 2.93. The van der Waals surface area contributed by atoms with E-state index >= 15 is 0 Å². The van der Waals surface area contributed by atoms with Crippen molar-refractivity contribution in [3.8, 4) is 11.5 Å². The molecule has 0 unspecified atom stereocenters. The minimum Gasteiger partial charge on any atom is -0.493 e. The standard InChI is InChI=1S/C22H23N3O4/c1-14(10-19(26)17-5-7-20(28-2)21(12-17)29-3)22(27)25-24-13-15-4-6-18-16(11-15)8-9-23-18/h4-9,11-14,23H,10H2,1-3H3,(H,25,27)/b24-13+/t14-/m1/s1. The number of nitrogens with zero attached hydrogens (tertiary/aromatic N) is 1. The maximum absolute atomic E-state index is 12.5. The van der Waals surface area contributed by atoms with E-state index in [1.54, 1.807) is 31.3 Å². The summed E-state index contributed by atoms with van der Waals surface area (Å²) in [5.41, 5.74) is 4.86. The number of nitrogens with one attached hydrogen (secondary N) is 2. The molecule has 0 saturated heterocycles. The Bertz CT molecular complexity index is 1060. The molecule has 3 rings (SSSR count). The van der Waals surface area contributed by atoms with Crippen molar-refractivity contribution in [2.75, 3.05) is 14.2 Å². The highest BCUT2D eigenvalue weighted by atomic mass is 16.5. The maximum Gasteiger partial charge on any atom is 0.243 e. The van der Waals surface area contributed by atoms with Gasteiger partial charge in [-0.05, 0) is 47.3 Å². The molecule has 2 aromatic carbocycles. The normalized spacial score (nSPS) is 12.1. The molecule has 0 bridgehead atoms. The van der Waals surface area contributed by atoms with Crippen molar-refractivity contribution in [3.05, 3.63) is 59.8 Å². The number of hydrogen-bond donors (Lipinski definition) is 2. The lowest BCUT2D eigenvalue weighted by atomic mass is 9.99. The highest BCUT2D eigenvalue weighted by Crippen LogP contribution is 2.28. The van der Waals surface area contributed by atoms with Gasteiger partial charge >= 0.3 is 0 Å². The van der Waals surface area contributed by atoms with Crippen molar-refractivity contribution < 1.29 is 19.1 Å². The number of aromatic amines is 1. The molecule has 0 fully saturated rings. The number of carbonyl (C=O) groups excluding carboxylic acids is 2. The number of fused-ring (bicyclic) bond motifs is 1. The predicted molar refractivity (Wildman–Crippen MR) is 112 cm³/mol. The fourth-order valence-corrected chi connectivity index (χ4v) is 2.93. The Morgan fingerprint density at radius 2 is 1.90 bits per heavy atom. The molecule has 3 aromatic rings. The van der Waals surface area contributed by atoms with E-state index in [1.807, 2.05) is 30.5 Å². The van der Waals surface area contributed by atoms with E-state index in [1.165, 1.54) is 14.2 Å². The summed E-state index contributed by atoms with van der Waals surface area (Å²) in [4.78, 5) is 27.9. The molecule has 1 amide bonds. The van der Waals surface area contributed by atoms with Gasteiger partial charge in [0.25, 0.3) is 0 Å². The third kappa shape index (κ3) is 4.82. The zero-order chi connectivity index (χ0) is 20.8. The highest BCUT2D eigenvalue weighted by Gasteiger charge is 2.19. The van der Waals surface area contributed by atoms with Crippen LogP contribution in [0.1, 0.15) is 29.3 Å². The van der Waals surface area contributed by atoms with E-state index < -0.39 is 5.92 Å². The number of benzene rings is 2. The molecular weight excluding hydrogens is 370 g/mol. The molecule has 7 heteroatoms. The number of carbonyl (C=O) groups is 2. The number of ketones is 1. The Morgan fingerprint density at radius 3 is 2.66 bits per heavy atom. The third-order valence-electron chi connectivity index (χ3n) is 4.61. The molecule has 29 heavy (non-hydrogen) atoms. The fraction of sp³-hybridized carbons (Fsp3) is 0.227. The lowest BCUT2D eigenvalue weighted by Crippen LogP contribution is -2.26. The zero-order valence-corrected chi connectivity index (χ0v) is 16.6. The molecule has 1 aromatic heterocycles. The number of methoxy groups -OCH3 is 2. The van der Waals surface area contributed by atoms with Crippen LogP contribution >= 0.6 is 0 Å². The first-order valence-electron chi connectivity index (χ1n) is 9.17.